The van der Waals surface area contributed by atoms with Gasteiger partial charge in [0.05, 0.1) is 5.92 Å². The van der Waals surface area contributed by atoms with E-state index < -0.39 is 23.5 Å². The molecule has 0 spiro atoms. The minimum Gasteiger partial charge on any atom is -0.481 e. The minimum atomic E-state index is -0.902. The summed E-state index contributed by atoms with van der Waals surface area (Å²) in [5.74, 6) is -2.95. The van der Waals surface area contributed by atoms with E-state index >= 15 is 0 Å². The molecule has 1 rings (SSSR count). The number of ketones is 2. The highest BCUT2D eigenvalue weighted by atomic mass is 19.1. The van der Waals surface area contributed by atoms with Gasteiger partial charge in [0.2, 0.25) is 0 Å². The summed E-state index contributed by atoms with van der Waals surface area (Å²) in [5.41, 5.74) is 0.170. The molecular weight excluding hydrogens is 263 g/mol. The molecule has 1 aromatic rings. The Morgan fingerprint density at radius 1 is 1.25 bits per heavy atom. The van der Waals surface area contributed by atoms with Gasteiger partial charge in [-0.3, -0.25) is 14.4 Å². The second kappa shape index (κ2) is 7.53. The number of Topliss-reactive ketones (excluding diaryl/α,β-unsaturated/α-hetero) is 2. The number of benzene rings is 1. The molecule has 0 fully saturated rings. The van der Waals surface area contributed by atoms with Gasteiger partial charge in [0, 0.05) is 12.0 Å². The van der Waals surface area contributed by atoms with Gasteiger partial charge in [-0.1, -0.05) is 18.6 Å². The molecule has 0 radical (unpaired) electrons. The van der Waals surface area contributed by atoms with Gasteiger partial charge in [0.1, 0.15) is 11.6 Å². The van der Waals surface area contributed by atoms with Crippen LogP contribution in [-0.2, 0) is 9.59 Å². The van der Waals surface area contributed by atoms with E-state index in [1.54, 1.807) is 0 Å². The van der Waals surface area contributed by atoms with Gasteiger partial charge in [-0.2, -0.15) is 0 Å². The maximum Gasteiger partial charge on any atom is 0.303 e. The second-order valence-electron chi connectivity index (χ2n) is 4.68. The molecule has 108 valence electrons. The van der Waals surface area contributed by atoms with E-state index in [1.807, 2.05) is 0 Å². The van der Waals surface area contributed by atoms with E-state index in [9.17, 15) is 18.8 Å². The lowest BCUT2D eigenvalue weighted by Crippen LogP contribution is -2.22. The number of rotatable bonds is 8. The average Bonchev–Trinajstić information content (AvgIpc) is 2.37. The van der Waals surface area contributed by atoms with Gasteiger partial charge in [-0.05, 0) is 31.9 Å². The molecule has 1 aromatic carbocycles. The fourth-order valence-corrected chi connectivity index (χ4v) is 1.99. The van der Waals surface area contributed by atoms with Crippen LogP contribution in [0.5, 0.6) is 0 Å². The molecular formula is C15H17FO4. The smallest absolute Gasteiger partial charge is 0.303 e. The molecule has 0 aromatic heterocycles. The van der Waals surface area contributed by atoms with E-state index in [0.29, 0.717) is 12.8 Å². The van der Waals surface area contributed by atoms with Crippen LogP contribution in [0.2, 0.25) is 0 Å². The molecule has 1 N–H and O–H groups in total. The number of hydrogen-bond donors (Lipinski definition) is 1. The Kier molecular flexibility index (Phi) is 6.03. The average molecular weight is 280 g/mol. The first-order chi connectivity index (χ1) is 9.41. The molecule has 0 saturated carbocycles. The Morgan fingerprint density at radius 3 is 2.50 bits per heavy atom. The van der Waals surface area contributed by atoms with Crippen LogP contribution in [0, 0.1) is 11.7 Å². The number of carbonyl (C=O) groups is 3. The largest absolute Gasteiger partial charge is 0.481 e. The number of carboxylic acids is 1. The van der Waals surface area contributed by atoms with E-state index in [1.165, 1.54) is 25.1 Å². The molecule has 0 amide bonds. The maximum absolute atomic E-state index is 13.1. The van der Waals surface area contributed by atoms with E-state index in [4.69, 9.17) is 5.11 Å². The molecule has 5 heteroatoms. The summed E-state index contributed by atoms with van der Waals surface area (Å²) in [7, 11) is 0. The van der Waals surface area contributed by atoms with Crippen molar-refractivity contribution >= 4 is 17.5 Å². The summed E-state index contributed by atoms with van der Waals surface area (Å²) in [4.78, 5) is 34.1. The first-order valence-corrected chi connectivity index (χ1v) is 6.44. The van der Waals surface area contributed by atoms with Crippen LogP contribution in [-0.4, -0.2) is 22.6 Å². The third-order valence-corrected chi connectivity index (χ3v) is 3.05. The van der Waals surface area contributed by atoms with Crippen LogP contribution in [0.25, 0.3) is 0 Å². The molecule has 0 heterocycles. The Labute approximate surface area is 116 Å². The molecule has 4 nitrogen and oxygen atoms in total. The lowest BCUT2D eigenvalue weighted by molar-refractivity contribution is -0.137. The second-order valence-corrected chi connectivity index (χ2v) is 4.68. The molecule has 0 aliphatic rings. The van der Waals surface area contributed by atoms with Gasteiger partial charge in [-0.25, -0.2) is 4.39 Å². The summed E-state index contributed by atoms with van der Waals surface area (Å²) < 4.78 is 13.1. The van der Waals surface area contributed by atoms with Crippen LogP contribution < -0.4 is 0 Å². The summed E-state index contributed by atoms with van der Waals surface area (Å²) >= 11 is 0. The van der Waals surface area contributed by atoms with Gasteiger partial charge >= 0.3 is 5.97 Å². The third kappa shape index (κ3) is 4.91. The fraction of sp³-hybridized carbons (Fsp3) is 0.400. The van der Waals surface area contributed by atoms with Crippen LogP contribution in [0.3, 0.4) is 0 Å². The topological polar surface area (TPSA) is 71.4 Å². The predicted octanol–water partition coefficient (Wildman–Crippen LogP) is 2.86. The van der Waals surface area contributed by atoms with E-state index in [2.05, 4.69) is 0 Å². The van der Waals surface area contributed by atoms with Gasteiger partial charge < -0.3 is 5.11 Å². The third-order valence-electron chi connectivity index (χ3n) is 3.05. The van der Waals surface area contributed by atoms with E-state index in [-0.39, 0.29) is 24.2 Å². The zero-order valence-electron chi connectivity index (χ0n) is 11.3. The molecule has 1 atom stereocenters. The number of carbonyl (C=O) groups excluding carboxylic acids is 2. The summed E-state index contributed by atoms with van der Waals surface area (Å²) in [6, 6.07) is 5.23. The van der Waals surface area contributed by atoms with Crippen molar-refractivity contribution in [3.63, 3.8) is 0 Å². The van der Waals surface area contributed by atoms with Crippen molar-refractivity contribution in [1.82, 2.24) is 0 Å². The molecule has 0 aliphatic carbocycles. The van der Waals surface area contributed by atoms with Crippen molar-refractivity contribution in [2.45, 2.75) is 32.6 Å². The molecule has 0 saturated heterocycles. The number of unbranched alkanes of at least 4 members (excludes halogenated alkanes) is 1. The zero-order valence-corrected chi connectivity index (χ0v) is 11.3. The molecule has 0 aliphatic heterocycles. The highest BCUT2D eigenvalue weighted by molar-refractivity contribution is 6.10. The normalized spacial score (nSPS) is 11.9. The monoisotopic (exact) mass is 280 g/mol. The Morgan fingerprint density at radius 2 is 1.95 bits per heavy atom. The van der Waals surface area contributed by atoms with Gasteiger partial charge in [0.25, 0.3) is 0 Å². The number of carboxylic acid groups (broad SMARTS) is 1. The van der Waals surface area contributed by atoms with E-state index in [0.717, 1.165) is 6.07 Å². The summed E-state index contributed by atoms with van der Waals surface area (Å²) in [6.07, 6.45) is 1.18. The van der Waals surface area contributed by atoms with Crippen molar-refractivity contribution in [2.75, 3.05) is 0 Å². The molecule has 1 unspecified atom stereocenters. The first kappa shape index (κ1) is 16.0. The van der Waals surface area contributed by atoms with Crippen molar-refractivity contribution in [3.05, 3.63) is 35.6 Å². The fourth-order valence-electron chi connectivity index (χ4n) is 1.99. The van der Waals surface area contributed by atoms with Crippen molar-refractivity contribution in [3.8, 4) is 0 Å². The Hall–Kier alpha value is -2.04. The quantitative estimate of drug-likeness (QED) is 0.451. The first-order valence-electron chi connectivity index (χ1n) is 6.44. The lowest BCUT2D eigenvalue weighted by Gasteiger charge is -2.12. The zero-order chi connectivity index (χ0) is 15.1. The van der Waals surface area contributed by atoms with Crippen molar-refractivity contribution in [1.29, 1.82) is 0 Å². The highest BCUT2D eigenvalue weighted by Crippen LogP contribution is 2.18. The predicted molar refractivity (Wildman–Crippen MR) is 71.0 cm³/mol. The number of hydrogen-bond acceptors (Lipinski definition) is 3. The minimum absolute atomic E-state index is 0.0127. The Balaban J connectivity index is 2.68. The van der Waals surface area contributed by atoms with Crippen LogP contribution >= 0.6 is 0 Å². The van der Waals surface area contributed by atoms with Crippen LogP contribution in [0.1, 0.15) is 43.0 Å². The Bertz CT molecular complexity index is 510. The highest BCUT2D eigenvalue weighted by Gasteiger charge is 2.24. The lowest BCUT2D eigenvalue weighted by atomic mass is 9.89. The van der Waals surface area contributed by atoms with Crippen molar-refractivity contribution in [2.24, 2.45) is 5.92 Å². The van der Waals surface area contributed by atoms with Crippen molar-refractivity contribution < 1.29 is 23.9 Å². The van der Waals surface area contributed by atoms with Crippen LogP contribution in [0.4, 0.5) is 4.39 Å². The molecule has 20 heavy (non-hydrogen) atoms. The summed E-state index contributed by atoms with van der Waals surface area (Å²) in [6.45, 7) is 1.32. The maximum atomic E-state index is 13.1. The van der Waals surface area contributed by atoms with Crippen LogP contribution in [0.15, 0.2) is 24.3 Å². The van der Waals surface area contributed by atoms with Gasteiger partial charge in [-0.15, -0.1) is 0 Å². The number of aliphatic carboxylic acids is 1. The summed E-state index contributed by atoms with van der Waals surface area (Å²) in [5, 5.41) is 8.53. The number of halogens is 1. The molecule has 0 bridgehead atoms. The SMILES string of the molecule is CC(=O)C(CCCCC(=O)O)C(=O)c1cccc(F)c1. The van der Waals surface area contributed by atoms with Gasteiger partial charge in [0.15, 0.2) is 5.78 Å². The standard InChI is InChI=1S/C15H17FO4/c1-10(17)13(7-2-3-8-14(18)19)15(20)11-5-4-6-12(16)9-11/h4-6,9,13H,2-3,7-8H2,1H3,(H,18,19).